The second-order valence-corrected chi connectivity index (χ2v) is 4.54. The summed E-state index contributed by atoms with van der Waals surface area (Å²) in [5.41, 5.74) is 2.02. The number of benzene rings is 2. The predicted octanol–water partition coefficient (Wildman–Crippen LogP) is 3.97. The summed E-state index contributed by atoms with van der Waals surface area (Å²) in [6.45, 7) is 0.427. The molecule has 0 saturated carbocycles. The molecule has 5 heteroatoms. The predicted molar refractivity (Wildman–Crippen MR) is 76.4 cm³/mol. The van der Waals surface area contributed by atoms with Crippen molar-refractivity contribution in [1.82, 2.24) is 0 Å². The number of halogens is 2. The molecule has 0 saturated heterocycles. The molecule has 0 aliphatic rings. The van der Waals surface area contributed by atoms with E-state index in [1.54, 1.807) is 24.3 Å². The molecule has 20 heavy (non-hydrogen) atoms. The Hall–Kier alpha value is -2.25. The Morgan fingerprint density at radius 3 is 2.75 bits per heavy atom. The SMILES string of the molecule is COc1cc(C#N)ccc1NCc1ccc(Cl)c(F)c1. The van der Waals surface area contributed by atoms with Gasteiger partial charge in [-0.3, -0.25) is 0 Å². The zero-order valence-corrected chi connectivity index (χ0v) is 11.5. The van der Waals surface area contributed by atoms with E-state index in [2.05, 4.69) is 5.32 Å². The number of hydrogen-bond acceptors (Lipinski definition) is 3. The van der Waals surface area contributed by atoms with Gasteiger partial charge in [-0.15, -0.1) is 0 Å². The monoisotopic (exact) mass is 290 g/mol. The number of rotatable bonds is 4. The minimum atomic E-state index is -0.447. The molecule has 0 aliphatic carbocycles. The lowest BCUT2D eigenvalue weighted by molar-refractivity contribution is 0.416. The fourth-order valence-corrected chi connectivity index (χ4v) is 1.87. The van der Waals surface area contributed by atoms with Crippen LogP contribution in [0.15, 0.2) is 36.4 Å². The Labute approximate surface area is 121 Å². The fraction of sp³-hybridized carbons (Fsp3) is 0.133. The lowest BCUT2D eigenvalue weighted by Gasteiger charge is -2.11. The van der Waals surface area contributed by atoms with E-state index in [1.807, 2.05) is 6.07 Å². The summed E-state index contributed by atoms with van der Waals surface area (Å²) in [4.78, 5) is 0. The average Bonchev–Trinajstić information content (AvgIpc) is 2.48. The van der Waals surface area contributed by atoms with Crippen LogP contribution in [0.4, 0.5) is 10.1 Å². The lowest BCUT2D eigenvalue weighted by Crippen LogP contribution is -2.02. The first-order valence-electron chi connectivity index (χ1n) is 5.90. The average molecular weight is 291 g/mol. The van der Waals surface area contributed by atoms with E-state index >= 15 is 0 Å². The van der Waals surface area contributed by atoms with Gasteiger partial charge < -0.3 is 10.1 Å². The van der Waals surface area contributed by atoms with Crippen molar-refractivity contribution in [2.45, 2.75) is 6.54 Å². The quantitative estimate of drug-likeness (QED) is 0.926. The van der Waals surface area contributed by atoms with Crippen LogP contribution in [0.1, 0.15) is 11.1 Å². The number of nitriles is 1. The van der Waals surface area contributed by atoms with Crippen molar-refractivity contribution in [1.29, 1.82) is 5.26 Å². The Morgan fingerprint density at radius 1 is 1.30 bits per heavy atom. The summed E-state index contributed by atoms with van der Waals surface area (Å²) >= 11 is 5.63. The molecule has 0 atom stereocenters. The minimum Gasteiger partial charge on any atom is -0.495 e. The number of ether oxygens (including phenoxy) is 1. The van der Waals surface area contributed by atoms with Crippen LogP contribution >= 0.6 is 11.6 Å². The van der Waals surface area contributed by atoms with E-state index in [0.717, 1.165) is 11.3 Å². The lowest BCUT2D eigenvalue weighted by atomic mass is 10.2. The van der Waals surface area contributed by atoms with Gasteiger partial charge in [0.2, 0.25) is 0 Å². The molecule has 3 nitrogen and oxygen atoms in total. The van der Waals surface area contributed by atoms with Gasteiger partial charge >= 0.3 is 0 Å². The topological polar surface area (TPSA) is 45.0 Å². The number of nitrogens with zero attached hydrogens (tertiary/aromatic N) is 1. The smallest absolute Gasteiger partial charge is 0.143 e. The summed E-state index contributed by atoms with van der Waals surface area (Å²) in [5.74, 6) is 0.122. The third kappa shape index (κ3) is 3.19. The maximum Gasteiger partial charge on any atom is 0.143 e. The van der Waals surface area contributed by atoms with Crippen LogP contribution in [-0.4, -0.2) is 7.11 Å². The molecule has 0 fully saturated rings. The van der Waals surface area contributed by atoms with Crippen molar-refractivity contribution in [2.75, 3.05) is 12.4 Å². The Balaban J connectivity index is 2.14. The van der Waals surface area contributed by atoms with Crippen molar-refractivity contribution in [3.8, 4) is 11.8 Å². The molecule has 0 heterocycles. The maximum absolute atomic E-state index is 13.3. The first-order valence-corrected chi connectivity index (χ1v) is 6.28. The Kier molecular flexibility index (Phi) is 4.44. The standard InChI is InChI=1S/C15H12ClFN2O/c1-20-15-7-10(8-18)3-5-14(15)19-9-11-2-4-12(16)13(17)6-11/h2-7,19H,9H2,1H3. The van der Waals surface area contributed by atoms with Crippen LogP contribution in [0.5, 0.6) is 5.75 Å². The van der Waals surface area contributed by atoms with Crippen molar-refractivity contribution >= 4 is 17.3 Å². The van der Waals surface area contributed by atoms with E-state index in [4.69, 9.17) is 21.6 Å². The molecular weight excluding hydrogens is 279 g/mol. The second-order valence-electron chi connectivity index (χ2n) is 4.13. The van der Waals surface area contributed by atoms with Crippen LogP contribution in [-0.2, 0) is 6.54 Å². The van der Waals surface area contributed by atoms with Crippen LogP contribution in [0.25, 0.3) is 0 Å². The largest absolute Gasteiger partial charge is 0.495 e. The van der Waals surface area contributed by atoms with Crippen molar-refractivity contribution < 1.29 is 9.13 Å². The summed E-state index contributed by atoms with van der Waals surface area (Å²) in [6.07, 6.45) is 0. The summed E-state index contributed by atoms with van der Waals surface area (Å²) < 4.78 is 18.5. The highest BCUT2D eigenvalue weighted by molar-refractivity contribution is 6.30. The van der Waals surface area contributed by atoms with Crippen LogP contribution in [0.2, 0.25) is 5.02 Å². The fourth-order valence-electron chi connectivity index (χ4n) is 1.75. The van der Waals surface area contributed by atoms with Gasteiger partial charge in [-0.25, -0.2) is 4.39 Å². The molecule has 0 amide bonds. The molecule has 102 valence electrons. The molecular formula is C15H12ClFN2O. The Morgan fingerprint density at radius 2 is 2.10 bits per heavy atom. The minimum absolute atomic E-state index is 0.102. The molecule has 0 aliphatic heterocycles. The zero-order chi connectivity index (χ0) is 14.5. The molecule has 2 rings (SSSR count). The molecule has 1 N–H and O–H groups in total. The summed E-state index contributed by atoms with van der Waals surface area (Å²) in [5, 5.41) is 12.1. The highest BCUT2D eigenvalue weighted by Crippen LogP contribution is 2.26. The van der Waals surface area contributed by atoms with Gasteiger partial charge in [0.15, 0.2) is 0 Å². The summed E-state index contributed by atoms with van der Waals surface area (Å²) in [6, 6.07) is 11.8. The van der Waals surface area contributed by atoms with Crippen LogP contribution < -0.4 is 10.1 Å². The molecule has 0 radical (unpaired) electrons. The molecule has 2 aromatic carbocycles. The number of nitrogens with one attached hydrogen (secondary N) is 1. The van der Waals surface area contributed by atoms with Crippen molar-refractivity contribution in [2.24, 2.45) is 0 Å². The van der Waals surface area contributed by atoms with Crippen LogP contribution in [0.3, 0.4) is 0 Å². The van der Waals surface area contributed by atoms with Gasteiger partial charge in [0.25, 0.3) is 0 Å². The van der Waals surface area contributed by atoms with E-state index < -0.39 is 5.82 Å². The first-order chi connectivity index (χ1) is 9.63. The van der Waals surface area contributed by atoms with E-state index in [9.17, 15) is 4.39 Å². The maximum atomic E-state index is 13.3. The van der Waals surface area contributed by atoms with Gasteiger partial charge in [0.05, 0.1) is 29.5 Å². The van der Waals surface area contributed by atoms with Gasteiger partial charge in [0, 0.05) is 12.6 Å². The third-order valence-corrected chi connectivity index (χ3v) is 3.10. The zero-order valence-electron chi connectivity index (χ0n) is 10.8. The van der Waals surface area contributed by atoms with Gasteiger partial charge in [-0.2, -0.15) is 5.26 Å². The van der Waals surface area contributed by atoms with Crippen LogP contribution in [0, 0.1) is 17.1 Å². The summed E-state index contributed by atoms with van der Waals surface area (Å²) in [7, 11) is 1.53. The molecule has 0 spiro atoms. The molecule has 0 aromatic heterocycles. The normalized spacial score (nSPS) is 9.90. The number of anilines is 1. The number of hydrogen-bond donors (Lipinski definition) is 1. The molecule has 0 bridgehead atoms. The third-order valence-electron chi connectivity index (χ3n) is 2.80. The van der Waals surface area contributed by atoms with E-state index in [1.165, 1.54) is 19.2 Å². The second kappa shape index (κ2) is 6.27. The van der Waals surface area contributed by atoms with Crippen molar-refractivity contribution in [3.05, 3.63) is 58.4 Å². The van der Waals surface area contributed by atoms with E-state index in [-0.39, 0.29) is 5.02 Å². The van der Waals surface area contributed by atoms with Gasteiger partial charge in [-0.05, 0) is 29.8 Å². The molecule has 2 aromatic rings. The highest BCUT2D eigenvalue weighted by Gasteiger charge is 2.05. The highest BCUT2D eigenvalue weighted by atomic mass is 35.5. The first kappa shape index (κ1) is 14.2. The van der Waals surface area contributed by atoms with Gasteiger partial charge in [-0.1, -0.05) is 17.7 Å². The Bertz CT molecular complexity index is 667. The molecule has 0 unspecified atom stereocenters. The van der Waals surface area contributed by atoms with Crippen molar-refractivity contribution in [3.63, 3.8) is 0 Å². The van der Waals surface area contributed by atoms with Gasteiger partial charge in [0.1, 0.15) is 11.6 Å². The number of methoxy groups -OCH3 is 1. The van der Waals surface area contributed by atoms with E-state index in [0.29, 0.717) is 17.9 Å².